The molecular formula is C13H24N2OS. The number of nitrogens with zero attached hydrogens (tertiary/aromatic N) is 1. The zero-order valence-electron chi connectivity index (χ0n) is 11.2. The fraction of sp³-hybridized carbons (Fsp3) is 0.923. The monoisotopic (exact) mass is 256 g/mol. The molecular weight excluding hydrogens is 232 g/mol. The van der Waals surface area contributed by atoms with Crippen LogP contribution in [0.15, 0.2) is 0 Å². The number of carbonyl (C=O) groups is 1. The van der Waals surface area contributed by atoms with E-state index >= 15 is 0 Å². The summed E-state index contributed by atoms with van der Waals surface area (Å²) in [5, 5.41) is 4.15. The van der Waals surface area contributed by atoms with Crippen LogP contribution in [-0.2, 0) is 4.79 Å². The highest BCUT2D eigenvalue weighted by atomic mass is 32.2. The van der Waals surface area contributed by atoms with Crippen molar-refractivity contribution in [2.75, 3.05) is 12.4 Å². The lowest BCUT2D eigenvalue weighted by Gasteiger charge is -2.25. The van der Waals surface area contributed by atoms with E-state index in [2.05, 4.69) is 24.1 Å². The van der Waals surface area contributed by atoms with Gasteiger partial charge < -0.3 is 4.90 Å². The molecule has 3 unspecified atom stereocenters. The van der Waals surface area contributed by atoms with Gasteiger partial charge in [0.05, 0.1) is 12.2 Å². The number of amides is 1. The largest absolute Gasteiger partial charge is 0.325 e. The van der Waals surface area contributed by atoms with Crippen molar-refractivity contribution in [1.82, 2.24) is 10.2 Å². The molecule has 0 aromatic rings. The first kappa shape index (κ1) is 13.2. The predicted octanol–water partition coefficient (Wildman–Crippen LogP) is 2.22. The van der Waals surface area contributed by atoms with Gasteiger partial charge in [-0.05, 0) is 38.4 Å². The minimum atomic E-state index is -0.310. The lowest BCUT2D eigenvalue weighted by atomic mass is 9.99. The summed E-state index contributed by atoms with van der Waals surface area (Å²) in [4.78, 5) is 14.4. The maximum absolute atomic E-state index is 12.4. The molecule has 2 aliphatic rings. The van der Waals surface area contributed by atoms with Gasteiger partial charge in [-0.25, -0.2) is 0 Å². The van der Waals surface area contributed by atoms with Crippen molar-refractivity contribution in [3.8, 4) is 0 Å². The SMILES string of the molecule is CCSC1CCC(N2CNC(C)(CC)C2=O)C1. The van der Waals surface area contributed by atoms with E-state index in [0.717, 1.165) is 18.3 Å². The lowest BCUT2D eigenvalue weighted by Crippen LogP contribution is -2.44. The van der Waals surface area contributed by atoms with Crippen LogP contribution >= 0.6 is 11.8 Å². The van der Waals surface area contributed by atoms with Gasteiger partial charge in [-0.15, -0.1) is 0 Å². The number of thioether (sulfide) groups is 1. The molecule has 3 nitrogen and oxygen atoms in total. The Hall–Kier alpha value is -0.220. The van der Waals surface area contributed by atoms with E-state index in [0.29, 0.717) is 11.9 Å². The molecule has 2 rings (SSSR count). The first-order valence-electron chi connectivity index (χ1n) is 6.78. The maximum atomic E-state index is 12.4. The van der Waals surface area contributed by atoms with Gasteiger partial charge in [-0.3, -0.25) is 10.1 Å². The average Bonchev–Trinajstić information content (AvgIpc) is 2.87. The lowest BCUT2D eigenvalue weighted by molar-refractivity contribution is -0.133. The molecule has 0 spiro atoms. The highest BCUT2D eigenvalue weighted by Crippen LogP contribution is 2.35. The molecule has 2 fully saturated rings. The van der Waals surface area contributed by atoms with Crippen LogP contribution in [0.25, 0.3) is 0 Å². The van der Waals surface area contributed by atoms with Crippen LogP contribution in [0.2, 0.25) is 0 Å². The van der Waals surface area contributed by atoms with Gasteiger partial charge in [0.15, 0.2) is 0 Å². The molecule has 1 aliphatic heterocycles. The van der Waals surface area contributed by atoms with E-state index < -0.39 is 0 Å². The maximum Gasteiger partial charge on any atom is 0.243 e. The number of carbonyl (C=O) groups excluding carboxylic acids is 1. The van der Waals surface area contributed by atoms with Gasteiger partial charge >= 0.3 is 0 Å². The van der Waals surface area contributed by atoms with E-state index in [4.69, 9.17) is 0 Å². The van der Waals surface area contributed by atoms with Crippen molar-refractivity contribution >= 4 is 17.7 Å². The van der Waals surface area contributed by atoms with E-state index in [1.54, 1.807) is 0 Å². The van der Waals surface area contributed by atoms with Crippen LogP contribution in [0.4, 0.5) is 0 Å². The third-order valence-electron chi connectivity index (χ3n) is 4.28. The topological polar surface area (TPSA) is 32.3 Å². The van der Waals surface area contributed by atoms with Crippen molar-refractivity contribution in [3.63, 3.8) is 0 Å². The fourth-order valence-electron chi connectivity index (χ4n) is 2.88. The molecule has 1 aliphatic carbocycles. The van der Waals surface area contributed by atoms with Crippen molar-refractivity contribution in [2.45, 2.75) is 63.3 Å². The number of rotatable bonds is 4. The van der Waals surface area contributed by atoms with Crippen LogP contribution in [0.3, 0.4) is 0 Å². The number of hydrogen-bond acceptors (Lipinski definition) is 3. The van der Waals surface area contributed by atoms with E-state index in [9.17, 15) is 4.79 Å². The second-order valence-corrected chi connectivity index (χ2v) is 6.92. The Morgan fingerprint density at radius 2 is 2.24 bits per heavy atom. The Balaban J connectivity index is 1.95. The molecule has 17 heavy (non-hydrogen) atoms. The second kappa shape index (κ2) is 5.19. The summed E-state index contributed by atoms with van der Waals surface area (Å²) in [6.07, 6.45) is 4.52. The Morgan fingerprint density at radius 3 is 2.82 bits per heavy atom. The Kier molecular flexibility index (Phi) is 4.03. The molecule has 1 amide bonds. The van der Waals surface area contributed by atoms with Gasteiger partial charge in [0, 0.05) is 11.3 Å². The second-order valence-electron chi connectivity index (χ2n) is 5.34. The molecule has 4 heteroatoms. The summed E-state index contributed by atoms with van der Waals surface area (Å²) in [7, 11) is 0. The summed E-state index contributed by atoms with van der Waals surface area (Å²) in [5.41, 5.74) is -0.310. The molecule has 0 aromatic heterocycles. The van der Waals surface area contributed by atoms with Crippen molar-refractivity contribution < 1.29 is 4.79 Å². The highest BCUT2D eigenvalue weighted by Gasteiger charge is 2.44. The van der Waals surface area contributed by atoms with Crippen LogP contribution in [0.1, 0.15) is 46.5 Å². The van der Waals surface area contributed by atoms with Crippen LogP contribution < -0.4 is 5.32 Å². The number of hydrogen-bond donors (Lipinski definition) is 1. The third kappa shape index (κ3) is 2.48. The summed E-state index contributed by atoms with van der Waals surface area (Å²) < 4.78 is 0. The van der Waals surface area contributed by atoms with Crippen LogP contribution in [0, 0.1) is 0 Å². The normalized spacial score (nSPS) is 38.1. The van der Waals surface area contributed by atoms with Crippen LogP contribution in [0.5, 0.6) is 0 Å². The first-order valence-corrected chi connectivity index (χ1v) is 7.83. The molecule has 1 N–H and O–H groups in total. The Labute approximate surface area is 109 Å². The van der Waals surface area contributed by atoms with Gasteiger partial charge in [0.1, 0.15) is 0 Å². The molecule has 0 bridgehead atoms. The number of nitrogens with one attached hydrogen (secondary N) is 1. The predicted molar refractivity (Wildman–Crippen MR) is 73.1 cm³/mol. The minimum absolute atomic E-state index is 0.310. The third-order valence-corrected chi connectivity index (χ3v) is 5.51. The molecule has 1 saturated heterocycles. The summed E-state index contributed by atoms with van der Waals surface area (Å²) in [6.45, 7) is 7.08. The van der Waals surface area contributed by atoms with Gasteiger partial charge in [-0.2, -0.15) is 11.8 Å². The highest BCUT2D eigenvalue weighted by molar-refractivity contribution is 7.99. The molecule has 0 radical (unpaired) electrons. The van der Waals surface area contributed by atoms with E-state index in [1.807, 2.05) is 18.7 Å². The molecule has 1 saturated carbocycles. The van der Waals surface area contributed by atoms with Crippen molar-refractivity contribution in [2.24, 2.45) is 0 Å². The van der Waals surface area contributed by atoms with Gasteiger partial charge in [0.25, 0.3) is 0 Å². The summed E-state index contributed by atoms with van der Waals surface area (Å²) in [6, 6.07) is 0.479. The zero-order valence-corrected chi connectivity index (χ0v) is 12.0. The standard InChI is InChI=1S/C13H24N2OS/c1-4-13(3)12(16)15(9-14-13)10-6-7-11(8-10)17-5-2/h10-11,14H,4-9H2,1-3H3. The summed E-state index contributed by atoms with van der Waals surface area (Å²) >= 11 is 2.05. The summed E-state index contributed by atoms with van der Waals surface area (Å²) in [5.74, 6) is 1.50. The fourth-order valence-corrected chi connectivity index (χ4v) is 4.02. The molecule has 98 valence electrons. The van der Waals surface area contributed by atoms with Gasteiger partial charge in [-0.1, -0.05) is 13.8 Å². The van der Waals surface area contributed by atoms with Crippen LogP contribution in [-0.4, -0.2) is 40.1 Å². The molecule has 1 heterocycles. The quantitative estimate of drug-likeness (QED) is 0.837. The Bertz CT molecular complexity index is 297. The molecule has 0 aromatic carbocycles. The van der Waals surface area contributed by atoms with Gasteiger partial charge in [0.2, 0.25) is 5.91 Å². The average molecular weight is 256 g/mol. The smallest absolute Gasteiger partial charge is 0.243 e. The Morgan fingerprint density at radius 1 is 1.47 bits per heavy atom. The van der Waals surface area contributed by atoms with Crippen molar-refractivity contribution in [1.29, 1.82) is 0 Å². The van der Waals surface area contributed by atoms with E-state index in [-0.39, 0.29) is 5.54 Å². The minimum Gasteiger partial charge on any atom is -0.325 e. The zero-order chi connectivity index (χ0) is 12.5. The van der Waals surface area contributed by atoms with Crippen molar-refractivity contribution in [3.05, 3.63) is 0 Å². The van der Waals surface area contributed by atoms with E-state index in [1.165, 1.54) is 25.0 Å². The molecule has 3 atom stereocenters. The first-order chi connectivity index (χ1) is 8.10.